The van der Waals surface area contributed by atoms with E-state index < -0.39 is 75.8 Å². The number of halogens is 6. The van der Waals surface area contributed by atoms with Crippen molar-refractivity contribution in [2.45, 2.75) is 37.3 Å². The quantitative estimate of drug-likeness (QED) is 0.240. The van der Waals surface area contributed by atoms with Gasteiger partial charge in [-0.2, -0.15) is 26.3 Å². The zero-order valence-corrected chi connectivity index (χ0v) is 18.5. The minimum atomic E-state index is -5.08. The van der Waals surface area contributed by atoms with Gasteiger partial charge in [0.1, 0.15) is 11.8 Å². The van der Waals surface area contributed by atoms with Crippen LogP contribution in [0.2, 0.25) is 0 Å². The summed E-state index contributed by atoms with van der Waals surface area (Å²) in [6, 6.07) is -0.503. The van der Waals surface area contributed by atoms with Crippen molar-refractivity contribution in [2.24, 2.45) is 5.73 Å². The van der Waals surface area contributed by atoms with Crippen molar-refractivity contribution in [3.63, 3.8) is 0 Å². The summed E-state index contributed by atoms with van der Waals surface area (Å²) in [6.07, 6.45) is -10.7. The molecule has 35 heavy (non-hydrogen) atoms. The van der Waals surface area contributed by atoms with E-state index in [9.17, 15) is 54.6 Å². The number of nitrogens with one attached hydrogen (secondary N) is 2. The van der Waals surface area contributed by atoms with Gasteiger partial charge in [0.25, 0.3) is 0 Å². The lowest BCUT2D eigenvalue weighted by atomic mass is 10.0. The van der Waals surface area contributed by atoms with Crippen LogP contribution in [-0.2, 0) is 37.0 Å². The standard InChI is InChI=1S/C15H20F3N3O6S.C2HF3O2/c1-20-28(26,27)5-4-10(19)13(23)21-11(14(24)25)7-8-2-3-12(22)9(6-8)15(16,17)18;3-2(4,5)1(6)7/h2-3,6,10-11,20,22H,4-5,7,19H2,1H3,(H,21,23)(H,24,25);(H,6,7). The van der Waals surface area contributed by atoms with Gasteiger partial charge in [-0.3, -0.25) is 4.79 Å². The van der Waals surface area contributed by atoms with Crippen LogP contribution in [0.1, 0.15) is 17.5 Å². The summed E-state index contributed by atoms with van der Waals surface area (Å²) in [5, 5.41) is 27.7. The summed E-state index contributed by atoms with van der Waals surface area (Å²) in [7, 11) is -2.45. The van der Waals surface area contributed by atoms with E-state index >= 15 is 0 Å². The number of carbonyl (C=O) groups excluding carboxylic acids is 1. The van der Waals surface area contributed by atoms with Crippen LogP contribution in [0, 0.1) is 0 Å². The van der Waals surface area contributed by atoms with Crippen LogP contribution in [0.25, 0.3) is 0 Å². The fourth-order valence-corrected chi connectivity index (χ4v) is 2.94. The highest BCUT2D eigenvalue weighted by molar-refractivity contribution is 7.89. The molecule has 0 aliphatic carbocycles. The monoisotopic (exact) mass is 541 g/mol. The fourth-order valence-electron chi connectivity index (χ4n) is 2.17. The molecule has 0 saturated carbocycles. The molecule has 0 heterocycles. The summed E-state index contributed by atoms with van der Waals surface area (Å²) in [5.74, 6) is -6.73. The maximum Gasteiger partial charge on any atom is 0.490 e. The first kappa shape index (κ1) is 31.9. The number of hydrogen-bond acceptors (Lipinski definition) is 7. The molecule has 1 rings (SSSR count). The number of nitrogens with two attached hydrogens (primary N) is 1. The van der Waals surface area contributed by atoms with Crippen LogP contribution >= 0.6 is 0 Å². The molecule has 1 aromatic rings. The molecular weight excluding hydrogens is 520 g/mol. The second kappa shape index (κ2) is 12.5. The highest BCUT2D eigenvalue weighted by Crippen LogP contribution is 2.36. The highest BCUT2D eigenvalue weighted by atomic mass is 32.2. The molecule has 0 saturated heterocycles. The Morgan fingerprint density at radius 2 is 1.60 bits per heavy atom. The van der Waals surface area contributed by atoms with Gasteiger partial charge in [0.2, 0.25) is 15.9 Å². The summed E-state index contributed by atoms with van der Waals surface area (Å²) in [5.41, 5.74) is 4.11. The zero-order valence-electron chi connectivity index (χ0n) is 17.6. The van der Waals surface area contributed by atoms with Gasteiger partial charge in [-0.05, 0) is 31.2 Å². The molecule has 1 amide bonds. The number of phenols is 1. The van der Waals surface area contributed by atoms with Crippen LogP contribution in [0.5, 0.6) is 5.75 Å². The van der Waals surface area contributed by atoms with Crippen molar-refractivity contribution in [1.82, 2.24) is 10.0 Å². The number of carbonyl (C=O) groups is 3. The second-order valence-electron chi connectivity index (χ2n) is 6.67. The summed E-state index contributed by atoms with van der Waals surface area (Å²) >= 11 is 0. The number of benzene rings is 1. The molecule has 2 unspecified atom stereocenters. The van der Waals surface area contributed by atoms with Crippen LogP contribution in [0.4, 0.5) is 26.3 Å². The van der Waals surface area contributed by atoms with E-state index in [1.54, 1.807) is 0 Å². The predicted octanol–water partition coefficient (Wildman–Crippen LogP) is 0.423. The smallest absolute Gasteiger partial charge is 0.490 e. The van der Waals surface area contributed by atoms with E-state index in [1.807, 2.05) is 4.72 Å². The minimum Gasteiger partial charge on any atom is -0.507 e. The van der Waals surface area contributed by atoms with Crippen LogP contribution in [0.3, 0.4) is 0 Å². The Hall–Kier alpha value is -3.12. The summed E-state index contributed by atoms with van der Waals surface area (Å²) in [4.78, 5) is 32.2. The van der Waals surface area contributed by atoms with Crippen molar-refractivity contribution in [3.8, 4) is 5.75 Å². The molecule has 7 N–H and O–H groups in total. The molecule has 0 radical (unpaired) electrons. The van der Waals surface area contributed by atoms with Gasteiger partial charge in [-0.15, -0.1) is 0 Å². The number of hydrogen-bond donors (Lipinski definition) is 6. The number of rotatable bonds is 9. The SMILES string of the molecule is CNS(=O)(=O)CCC(N)C(=O)NC(Cc1ccc(O)c(C(F)(F)F)c1)C(=O)O.O=C(O)C(F)(F)F. The maximum atomic E-state index is 12.8. The third kappa shape index (κ3) is 11.7. The molecule has 11 nitrogen and oxygen atoms in total. The molecule has 1 aromatic carbocycles. The largest absolute Gasteiger partial charge is 0.507 e. The molecular formula is C17H21F6N3O8S. The Kier molecular flexibility index (Phi) is 11.4. The first-order chi connectivity index (χ1) is 15.7. The van der Waals surface area contributed by atoms with E-state index in [0.717, 1.165) is 12.1 Å². The number of carboxylic acids is 2. The average Bonchev–Trinajstić information content (AvgIpc) is 2.71. The van der Waals surface area contributed by atoms with Crippen molar-refractivity contribution in [2.75, 3.05) is 12.8 Å². The molecule has 0 spiro atoms. The van der Waals surface area contributed by atoms with E-state index in [1.165, 1.54) is 7.05 Å². The number of aliphatic carboxylic acids is 2. The van der Waals surface area contributed by atoms with Gasteiger partial charge in [0.15, 0.2) is 0 Å². The minimum absolute atomic E-state index is 0.0934. The van der Waals surface area contributed by atoms with E-state index in [0.29, 0.717) is 6.07 Å². The Balaban J connectivity index is 0.00000143. The van der Waals surface area contributed by atoms with Crippen molar-refractivity contribution < 1.29 is 64.5 Å². The van der Waals surface area contributed by atoms with Gasteiger partial charge in [-0.25, -0.2) is 22.7 Å². The van der Waals surface area contributed by atoms with Gasteiger partial charge in [0.05, 0.1) is 17.4 Å². The summed E-state index contributed by atoms with van der Waals surface area (Å²) in [6.45, 7) is 0. The Morgan fingerprint density at radius 3 is 2.00 bits per heavy atom. The van der Waals surface area contributed by atoms with Gasteiger partial charge < -0.3 is 26.4 Å². The molecule has 18 heteroatoms. The lowest BCUT2D eigenvalue weighted by Gasteiger charge is -2.19. The van der Waals surface area contributed by atoms with Crippen LogP contribution in [0.15, 0.2) is 18.2 Å². The normalized spacial score (nSPS) is 13.7. The van der Waals surface area contributed by atoms with Gasteiger partial charge >= 0.3 is 24.3 Å². The number of carboxylic acid groups (broad SMARTS) is 2. The molecule has 0 aromatic heterocycles. The number of phenolic OH excluding ortho intramolecular Hbond substituents is 1. The van der Waals surface area contributed by atoms with Crippen molar-refractivity contribution in [1.29, 1.82) is 0 Å². The zero-order chi connectivity index (χ0) is 27.8. The number of sulfonamides is 1. The Bertz CT molecular complexity index is 1010. The van der Waals surface area contributed by atoms with Gasteiger partial charge in [-0.1, -0.05) is 6.07 Å². The second-order valence-corrected chi connectivity index (χ2v) is 8.72. The van der Waals surface area contributed by atoms with Crippen molar-refractivity contribution in [3.05, 3.63) is 29.3 Å². The predicted molar refractivity (Wildman–Crippen MR) is 106 cm³/mol. The first-order valence-corrected chi connectivity index (χ1v) is 10.8. The van der Waals surface area contributed by atoms with E-state index in [4.69, 9.17) is 15.6 Å². The van der Waals surface area contributed by atoms with Crippen LogP contribution in [-0.4, -0.2) is 72.6 Å². The molecule has 0 fully saturated rings. The summed E-state index contributed by atoms with van der Waals surface area (Å²) < 4.78 is 94.9. The highest BCUT2D eigenvalue weighted by Gasteiger charge is 2.38. The molecule has 0 aliphatic heterocycles. The lowest BCUT2D eigenvalue weighted by Crippen LogP contribution is -2.50. The number of alkyl halides is 6. The number of aromatic hydroxyl groups is 1. The van der Waals surface area contributed by atoms with Crippen LogP contribution < -0.4 is 15.8 Å². The fraction of sp³-hybridized carbons (Fsp3) is 0.471. The topological polar surface area (TPSA) is 196 Å². The molecule has 2 atom stereocenters. The lowest BCUT2D eigenvalue weighted by molar-refractivity contribution is -0.192. The Labute approximate surface area is 194 Å². The third-order valence-corrected chi connectivity index (χ3v) is 5.40. The maximum absolute atomic E-state index is 12.8. The van der Waals surface area contributed by atoms with Gasteiger partial charge in [0, 0.05) is 6.42 Å². The molecule has 0 aliphatic rings. The molecule has 200 valence electrons. The Morgan fingerprint density at radius 1 is 1.09 bits per heavy atom. The first-order valence-electron chi connectivity index (χ1n) is 9.10. The van der Waals surface area contributed by atoms with Crippen molar-refractivity contribution >= 4 is 27.9 Å². The third-order valence-electron chi connectivity index (χ3n) is 4.01. The number of amides is 1. The molecule has 0 bridgehead atoms. The van der Waals surface area contributed by atoms with E-state index in [2.05, 4.69) is 5.32 Å². The average molecular weight is 541 g/mol. The van der Waals surface area contributed by atoms with E-state index in [-0.39, 0.29) is 12.0 Å².